The van der Waals surface area contributed by atoms with Gasteiger partial charge in [-0.25, -0.2) is 0 Å². The van der Waals surface area contributed by atoms with Crippen LogP contribution < -0.4 is 10.2 Å². The van der Waals surface area contributed by atoms with Crippen LogP contribution in [0.25, 0.3) is 0 Å². The van der Waals surface area contributed by atoms with Crippen molar-refractivity contribution in [1.29, 1.82) is 0 Å². The largest absolute Gasteiger partial charge is 2.00 e. The van der Waals surface area contributed by atoms with E-state index in [1.165, 1.54) is 83.5 Å². The number of carbonyl (C=O) groups is 1. The van der Waals surface area contributed by atoms with E-state index in [1.54, 1.807) is 13.8 Å². The van der Waals surface area contributed by atoms with Crippen LogP contribution in [0.5, 0.6) is 0 Å². The maximum absolute atomic E-state index is 10.2. The second-order valence-electron chi connectivity index (χ2n) is 7.12. The van der Waals surface area contributed by atoms with Gasteiger partial charge in [0, 0.05) is 5.97 Å². The first kappa shape index (κ1) is 29.9. The fourth-order valence-corrected chi connectivity index (χ4v) is 2.64. The molecule has 0 aromatic rings. The van der Waals surface area contributed by atoms with Crippen molar-refractivity contribution >= 4 is 5.97 Å². The number of hydrogen-bond acceptors (Lipinski definition) is 3. The molecular weight excluding hydrogens is 348 g/mol. The van der Waals surface area contributed by atoms with E-state index >= 15 is 0 Å². The van der Waals surface area contributed by atoms with Crippen LogP contribution in [0.1, 0.15) is 124 Å². The van der Waals surface area contributed by atoms with Crippen molar-refractivity contribution in [2.75, 3.05) is 0 Å². The Balaban J connectivity index is -0.000000867. The van der Waals surface area contributed by atoms with E-state index < -0.39 is 12.1 Å². The van der Waals surface area contributed by atoms with Crippen LogP contribution in [0.4, 0.5) is 0 Å². The smallest absolute Gasteiger partial charge is 0.852 e. The van der Waals surface area contributed by atoms with Crippen LogP contribution in [0.15, 0.2) is 0 Å². The van der Waals surface area contributed by atoms with Crippen molar-refractivity contribution in [3.8, 4) is 0 Å². The molecule has 25 heavy (non-hydrogen) atoms. The third kappa shape index (κ3) is 40.3. The molecule has 0 heterocycles. The first-order chi connectivity index (χ1) is 11.5. The summed E-state index contributed by atoms with van der Waals surface area (Å²) in [6, 6.07) is 0. The summed E-state index contributed by atoms with van der Waals surface area (Å²) in [6.07, 6.45) is 19.4. The van der Waals surface area contributed by atoms with Gasteiger partial charge in [0.05, 0.1) is 0 Å². The number of aliphatic carboxylic acids is 1. The minimum atomic E-state index is -0.903. The molecule has 0 radical (unpaired) electrons. The molecule has 4 heteroatoms. The summed E-state index contributed by atoms with van der Waals surface area (Å²) >= 11 is 0. The Bertz CT molecular complexity index is 243. The van der Waals surface area contributed by atoms with Gasteiger partial charge in [0.2, 0.25) is 0 Å². The van der Waals surface area contributed by atoms with Gasteiger partial charge in [-0.2, -0.15) is 0 Å². The van der Waals surface area contributed by atoms with E-state index in [0.29, 0.717) is 0 Å². The number of carboxylic acid groups (broad SMARTS) is 1. The summed E-state index contributed by atoms with van der Waals surface area (Å²) in [6.45, 7) is 5.49. The van der Waals surface area contributed by atoms with Crippen molar-refractivity contribution in [2.45, 2.75) is 130 Å². The predicted octanol–water partition coefficient (Wildman–Crippen LogP) is 4.75. The summed E-state index contributed by atoms with van der Waals surface area (Å²) in [4.78, 5) is 10.2. The van der Waals surface area contributed by atoms with E-state index in [-0.39, 0.29) is 28.1 Å². The summed E-state index contributed by atoms with van der Waals surface area (Å²) in [5, 5.41) is 19.7. The molecule has 0 saturated carbocycles. The van der Waals surface area contributed by atoms with Gasteiger partial charge in [0.1, 0.15) is 0 Å². The maximum atomic E-state index is 10.2. The predicted molar refractivity (Wildman–Crippen MR) is 99.7 cm³/mol. The van der Waals surface area contributed by atoms with Crippen LogP contribution in [0.2, 0.25) is 0 Å². The molecular formula is C21H42O3Ti. The number of hydrogen-bond donors (Lipinski definition) is 0. The first-order valence-corrected chi connectivity index (χ1v) is 10.4. The fourth-order valence-electron chi connectivity index (χ4n) is 2.64. The van der Waals surface area contributed by atoms with E-state index in [9.17, 15) is 15.0 Å². The fraction of sp³-hybridized carbons (Fsp3) is 0.952. The first-order valence-electron chi connectivity index (χ1n) is 10.4. The van der Waals surface area contributed by atoms with Crippen molar-refractivity contribution in [2.24, 2.45) is 0 Å². The normalized spacial score (nSPS) is 10.1. The maximum Gasteiger partial charge on any atom is 2.00 e. The topological polar surface area (TPSA) is 63.2 Å². The monoisotopic (exact) mass is 390 g/mol. The van der Waals surface area contributed by atoms with Crippen molar-refractivity contribution in [1.82, 2.24) is 0 Å². The van der Waals surface area contributed by atoms with Crippen LogP contribution in [0.3, 0.4) is 0 Å². The molecule has 0 aromatic carbocycles. The standard InChI is InChI=1S/C18H36O2.C3H7O.Ti/c1-2-3-4-5-6-7-8-9-10-11-12-13-14-15-16-17-18(19)20;1-3(2)4;/h2-17H2,1H3,(H,19,20);3H,1-2H3;/q;-1;+2/p-1. The van der Waals surface area contributed by atoms with Gasteiger partial charge in [-0.1, -0.05) is 111 Å². The molecule has 0 aliphatic rings. The average Bonchev–Trinajstić information content (AvgIpc) is 2.50. The zero-order valence-corrected chi connectivity index (χ0v) is 18.7. The second kappa shape index (κ2) is 26.4. The Morgan fingerprint density at radius 1 is 0.680 bits per heavy atom. The summed E-state index contributed by atoms with van der Waals surface area (Å²) in [7, 11) is 0. The van der Waals surface area contributed by atoms with E-state index in [0.717, 1.165) is 12.8 Å². The Kier molecular flexibility index (Phi) is 31.5. The van der Waals surface area contributed by atoms with Crippen LogP contribution >= 0.6 is 0 Å². The summed E-state index contributed by atoms with van der Waals surface area (Å²) in [5.74, 6) is -0.903. The third-order valence-corrected chi connectivity index (χ3v) is 3.98. The van der Waals surface area contributed by atoms with Crippen molar-refractivity contribution < 1.29 is 36.7 Å². The van der Waals surface area contributed by atoms with Crippen LogP contribution in [-0.4, -0.2) is 12.1 Å². The molecule has 3 nitrogen and oxygen atoms in total. The molecule has 0 aliphatic heterocycles. The Hall–Kier alpha value is 0.144. The number of rotatable bonds is 16. The van der Waals surface area contributed by atoms with E-state index in [2.05, 4.69) is 6.92 Å². The zero-order chi connectivity index (χ0) is 18.5. The Morgan fingerprint density at radius 2 is 0.920 bits per heavy atom. The van der Waals surface area contributed by atoms with Gasteiger partial charge >= 0.3 is 21.7 Å². The van der Waals surface area contributed by atoms with Gasteiger partial charge in [0.15, 0.2) is 0 Å². The summed E-state index contributed by atoms with van der Waals surface area (Å²) < 4.78 is 0. The molecule has 0 bridgehead atoms. The van der Waals surface area contributed by atoms with Crippen molar-refractivity contribution in [3.05, 3.63) is 0 Å². The molecule has 0 amide bonds. The molecule has 0 N–H and O–H groups in total. The zero-order valence-electron chi connectivity index (χ0n) is 17.1. The molecule has 0 saturated heterocycles. The molecule has 0 aliphatic carbocycles. The second-order valence-corrected chi connectivity index (χ2v) is 7.12. The Morgan fingerprint density at radius 3 is 1.16 bits per heavy atom. The number of unbranched alkanes of at least 4 members (excludes halogenated alkanes) is 14. The molecule has 0 unspecified atom stereocenters. The third-order valence-electron chi connectivity index (χ3n) is 3.98. The van der Waals surface area contributed by atoms with Gasteiger partial charge in [-0.15, -0.1) is 6.10 Å². The minimum Gasteiger partial charge on any atom is -0.852 e. The quantitative estimate of drug-likeness (QED) is 0.282. The number of carbonyl (C=O) groups excluding carboxylic acids is 1. The molecule has 0 rings (SSSR count). The van der Waals surface area contributed by atoms with Gasteiger partial charge in [0.25, 0.3) is 0 Å². The van der Waals surface area contributed by atoms with Crippen LogP contribution in [0, 0.1) is 0 Å². The molecule has 148 valence electrons. The molecule has 0 aromatic heterocycles. The van der Waals surface area contributed by atoms with E-state index in [1.807, 2.05) is 0 Å². The molecule has 0 atom stereocenters. The minimum absolute atomic E-state index is 0. The average molecular weight is 390 g/mol. The van der Waals surface area contributed by atoms with Gasteiger partial charge in [-0.3, -0.25) is 0 Å². The molecule has 0 spiro atoms. The van der Waals surface area contributed by atoms with Crippen LogP contribution in [-0.2, 0) is 26.5 Å². The van der Waals surface area contributed by atoms with Gasteiger partial charge < -0.3 is 15.0 Å². The Labute approximate surface area is 172 Å². The number of carboxylic acids is 1. The van der Waals surface area contributed by atoms with Gasteiger partial charge in [-0.05, 0) is 12.8 Å². The SMILES string of the molecule is CC(C)[O-].CCCCCCCCCCCCCCCCCC(=O)[O-].[Ti+2]. The van der Waals surface area contributed by atoms with E-state index in [4.69, 9.17) is 0 Å². The summed E-state index contributed by atoms with van der Waals surface area (Å²) in [5.41, 5.74) is 0. The molecule has 0 fully saturated rings. The van der Waals surface area contributed by atoms with Crippen molar-refractivity contribution in [3.63, 3.8) is 0 Å².